The van der Waals surface area contributed by atoms with E-state index in [1.165, 1.54) is 23.5 Å². The average Bonchev–Trinajstić information content (AvgIpc) is 2.39. The van der Waals surface area contributed by atoms with Crippen LogP contribution in [0.2, 0.25) is 0 Å². The summed E-state index contributed by atoms with van der Waals surface area (Å²) in [6, 6.07) is 3.84. The SMILES string of the molecule is Cc1ccc(S(=O)(=O)N(C)C(C)C)cc1NC(=O)[C@H](C)N.Cl. The van der Waals surface area contributed by atoms with E-state index < -0.39 is 16.1 Å². The molecule has 0 radical (unpaired) electrons. The lowest BCUT2D eigenvalue weighted by atomic mass is 10.2. The molecular weight excluding hydrogens is 326 g/mol. The van der Waals surface area contributed by atoms with Crippen LogP contribution in [0, 0.1) is 6.92 Å². The van der Waals surface area contributed by atoms with E-state index in [1.54, 1.807) is 33.8 Å². The van der Waals surface area contributed by atoms with Crippen molar-refractivity contribution in [1.29, 1.82) is 0 Å². The molecular formula is C14H24ClN3O3S. The summed E-state index contributed by atoms with van der Waals surface area (Å²) >= 11 is 0. The molecule has 1 amide bonds. The van der Waals surface area contributed by atoms with Crippen molar-refractivity contribution in [3.8, 4) is 0 Å². The predicted molar refractivity (Wildman–Crippen MR) is 90.8 cm³/mol. The average molecular weight is 350 g/mol. The number of rotatable bonds is 5. The van der Waals surface area contributed by atoms with Gasteiger partial charge < -0.3 is 11.1 Å². The molecule has 0 heterocycles. The minimum atomic E-state index is -3.58. The lowest BCUT2D eigenvalue weighted by Gasteiger charge is -2.21. The second kappa shape index (κ2) is 7.92. The highest BCUT2D eigenvalue weighted by Crippen LogP contribution is 2.23. The molecule has 3 N–H and O–H groups in total. The van der Waals surface area contributed by atoms with Gasteiger partial charge in [-0.3, -0.25) is 4.79 Å². The minimum Gasteiger partial charge on any atom is -0.324 e. The molecule has 0 saturated carbocycles. The number of hydrogen-bond donors (Lipinski definition) is 2. The summed E-state index contributed by atoms with van der Waals surface area (Å²) in [5, 5.41) is 2.64. The van der Waals surface area contributed by atoms with Gasteiger partial charge in [-0.2, -0.15) is 4.31 Å². The summed E-state index contributed by atoms with van der Waals surface area (Å²) in [5.74, 6) is -0.357. The number of nitrogens with one attached hydrogen (secondary N) is 1. The van der Waals surface area contributed by atoms with Crippen molar-refractivity contribution >= 4 is 34.0 Å². The topological polar surface area (TPSA) is 92.5 Å². The molecule has 0 aliphatic heterocycles. The zero-order valence-corrected chi connectivity index (χ0v) is 15.1. The highest BCUT2D eigenvalue weighted by atomic mass is 35.5. The van der Waals surface area contributed by atoms with Gasteiger partial charge in [-0.15, -0.1) is 12.4 Å². The first-order chi connectivity index (χ1) is 9.57. The van der Waals surface area contributed by atoms with Crippen LogP contribution in [0.4, 0.5) is 5.69 Å². The third-order valence-corrected chi connectivity index (χ3v) is 5.31. The van der Waals surface area contributed by atoms with Crippen LogP contribution >= 0.6 is 12.4 Å². The molecule has 0 saturated heterocycles. The zero-order chi connectivity index (χ0) is 16.4. The van der Waals surface area contributed by atoms with E-state index in [2.05, 4.69) is 5.32 Å². The Labute approximate surface area is 138 Å². The van der Waals surface area contributed by atoms with Crippen molar-refractivity contribution in [3.05, 3.63) is 23.8 Å². The smallest absolute Gasteiger partial charge is 0.243 e. The monoisotopic (exact) mass is 349 g/mol. The first-order valence-electron chi connectivity index (χ1n) is 6.72. The Hall–Kier alpha value is -1.15. The molecule has 1 aromatic rings. The van der Waals surface area contributed by atoms with Crippen molar-refractivity contribution < 1.29 is 13.2 Å². The van der Waals surface area contributed by atoms with Gasteiger partial charge in [-0.05, 0) is 45.4 Å². The van der Waals surface area contributed by atoms with Crippen molar-refractivity contribution in [2.24, 2.45) is 5.73 Å². The summed E-state index contributed by atoms with van der Waals surface area (Å²) in [6.07, 6.45) is 0. The molecule has 0 spiro atoms. The van der Waals surface area contributed by atoms with E-state index in [0.29, 0.717) is 5.69 Å². The summed E-state index contributed by atoms with van der Waals surface area (Å²) in [4.78, 5) is 11.8. The number of carbonyl (C=O) groups excluding carboxylic acids is 1. The number of halogens is 1. The van der Waals surface area contributed by atoms with Crippen LogP contribution < -0.4 is 11.1 Å². The molecule has 1 atom stereocenters. The number of nitrogens with two attached hydrogens (primary N) is 1. The summed E-state index contributed by atoms with van der Waals surface area (Å²) in [7, 11) is -2.05. The quantitative estimate of drug-likeness (QED) is 0.846. The highest BCUT2D eigenvalue weighted by molar-refractivity contribution is 7.89. The first kappa shape index (κ1) is 20.9. The maximum Gasteiger partial charge on any atom is 0.243 e. The number of anilines is 1. The Morgan fingerprint density at radius 2 is 1.82 bits per heavy atom. The molecule has 1 rings (SSSR count). The Bertz CT molecular complexity index is 630. The third kappa shape index (κ3) is 4.67. The number of hydrogen-bond acceptors (Lipinski definition) is 4. The maximum absolute atomic E-state index is 12.4. The first-order valence-corrected chi connectivity index (χ1v) is 8.16. The maximum atomic E-state index is 12.4. The van der Waals surface area contributed by atoms with Crippen LogP contribution in [0.15, 0.2) is 23.1 Å². The summed E-state index contributed by atoms with van der Waals surface area (Å²) in [6.45, 7) is 6.95. The van der Waals surface area contributed by atoms with Crippen LogP contribution in [0.25, 0.3) is 0 Å². The van der Waals surface area contributed by atoms with Crippen molar-refractivity contribution in [2.45, 2.75) is 44.7 Å². The molecule has 0 aliphatic carbocycles. The highest BCUT2D eigenvalue weighted by Gasteiger charge is 2.24. The Morgan fingerprint density at radius 1 is 1.27 bits per heavy atom. The number of amides is 1. The van der Waals surface area contributed by atoms with Gasteiger partial charge in [0.25, 0.3) is 0 Å². The van der Waals surface area contributed by atoms with Gasteiger partial charge >= 0.3 is 0 Å². The van der Waals surface area contributed by atoms with Gasteiger partial charge in [0.1, 0.15) is 0 Å². The van der Waals surface area contributed by atoms with Gasteiger partial charge in [-0.1, -0.05) is 6.07 Å². The molecule has 22 heavy (non-hydrogen) atoms. The molecule has 8 heteroatoms. The predicted octanol–water partition coefficient (Wildman–Crippen LogP) is 1.73. The van der Waals surface area contributed by atoms with Crippen LogP contribution in [-0.4, -0.2) is 37.8 Å². The fourth-order valence-corrected chi connectivity index (χ4v) is 2.98. The van der Waals surface area contributed by atoms with Crippen molar-refractivity contribution in [2.75, 3.05) is 12.4 Å². The fraction of sp³-hybridized carbons (Fsp3) is 0.500. The molecule has 0 fully saturated rings. The van der Waals surface area contributed by atoms with E-state index in [0.717, 1.165) is 5.56 Å². The van der Waals surface area contributed by atoms with Crippen molar-refractivity contribution in [3.63, 3.8) is 0 Å². The van der Waals surface area contributed by atoms with E-state index in [4.69, 9.17) is 5.73 Å². The van der Waals surface area contributed by atoms with Gasteiger partial charge in [0, 0.05) is 18.8 Å². The second-order valence-corrected chi connectivity index (χ2v) is 7.37. The molecule has 1 aromatic carbocycles. The van der Waals surface area contributed by atoms with E-state index in [1.807, 2.05) is 0 Å². The fourth-order valence-electron chi connectivity index (χ4n) is 1.59. The number of carbonyl (C=O) groups is 1. The molecule has 6 nitrogen and oxygen atoms in total. The van der Waals surface area contributed by atoms with E-state index in [-0.39, 0.29) is 29.3 Å². The summed E-state index contributed by atoms with van der Waals surface area (Å²) in [5.41, 5.74) is 6.73. The lowest BCUT2D eigenvalue weighted by molar-refractivity contribution is -0.117. The number of benzene rings is 1. The number of nitrogens with zero attached hydrogens (tertiary/aromatic N) is 1. The van der Waals surface area contributed by atoms with Gasteiger partial charge in [-0.25, -0.2) is 8.42 Å². The molecule has 0 aromatic heterocycles. The second-order valence-electron chi connectivity index (χ2n) is 5.37. The zero-order valence-electron chi connectivity index (χ0n) is 13.5. The van der Waals surface area contributed by atoms with E-state index >= 15 is 0 Å². The van der Waals surface area contributed by atoms with Crippen LogP contribution in [0.5, 0.6) is 0 Å². The molecule has 0 unspecified atom stereocenters. The Morgan fingerprint density at radius 3 is 2.27 bits per heavy atom. The molecule has 0 bridgehead atoms. The Balaban J connectivity index is 0.00000441. The Kier molecular flexibility index (Phi) is 7.50. The van der Waals surface area contributed by atoms with Crippen LogP contribution in [0.3, 0.4) is 0 Å². The van der Waals surface area contributed by atoms with Crippen LogP contribution in [-0.2, 0) is 14.8 Å². The van der Waals surface area contributed by atoms with Gasteiger partial charge in [0.15, 0.2) is 0 Å². The number of aryl methyl sites for hydroxylation is 1. The normalized spacial score (nSPS) is 12.9. The number of sulfonamides is 1. The van der Waals surface area contributed by atoms with E-state index in [9.17, 15) is 13.2 Å². The van der Waals surface area contributed by atoms with Crippen LogP contribution in [0.1, 0.15) is 26.3 Å². The third-order valence-electron chi connectivity index (χ3n) is 3.28. The van der Waals surface area contributed by atoms with Crippen molar-refractivity contribution in [1.82, 2.24) is 4.31 Å². The summed E-state index contributed by atoms with van der Waals surface area (Å²) < 4.78 is 26.2. The van der Waals surface area contributed by atoms with Gasteiger partial charge in [0.05, 0.1) is 10.9 Å². The largest absolute Gasteiger partial charge is 0.324 e. The molecule has 0 aliphatic rings. The van der Waals surface area contributed by atoms with Gasteiger partial charge in [0.2, 0.25) is 15.9 Å². The molecule has 126 valence electrons. The standard InChI is InChI=1S/C14H23N3O3S.ClH/c1-9(2)17(5)21(19,20)12-7-6-10(3)13(8-12)16-14(18)11(4)15;/h6-9,11H,15H2,1-5H3,(H,16,18);1H/t11-;/m0./s1. The minimum absolute atomic E-state index is 0. The lowest BCUT2D eigenvalue weighted by Crippen LogP contribution is -2.34.